The van der Waals surface area contributed by atoms with Crippen molar-refractivity contribution in [2.24, 2.45) is 0 Å². The van der Waals surface area contributed by atoms with Gasteiger partial charge in [-0.2, -0.15) is 0 Å². The Bertz CT molecular complexity index is 521. The van der Waals surface area contributed by atoms with Crippen molar-refractivity contribution in [1.29, 1.82) is 0 Å². The zero-order chi connectivity index (χ0) is 16.5. The molecule has 0 radical (unpaired) electrons. The van der Waals surface area contributed by atoms with Crippen LogP contribution in [0.3, 0.4) is 0 Å². The molecule has 0 fully saturated rings. The molecule has 0 spiro atoms. The maximum absolute atomic E-state index is 14.1. The topological polar surface area (TPSA) is 43.8 Å². The molecule has 0 amide bonds. The van der Waals surface area contributed by atoms with Crippen LogP contribution in [0.5, 0.6) is 0 Å². The fourth-order valence-electron chi connectivity index (χ4n) is 2.16. The standard InChI is InChI=1S/C17H23FN2O2/c1-4-9-20(10-5-2)16-12-14(6-7-15(16)18)13-19(3)11-8-17(21)22/h4-7,12H,1-2,8-11,13H2,3H3,(H,21,22). The van der Waals surface area contributed by atoms with Crippen LogP contribution >= 0.6 is 0 Å². The number of nitrogens with zero attached hydrogens (tertiary/aromatic N) is 2. The first-order valence-corrected chi connectivity index (χ1v) is 7.13. The number of anilines is 1. The molecule has 0 saturated carbocycles. The van der Waals surface area contributed by atoms with Gasteiger partial charge in [0.05, 0.1) is 12.1 Å². The molecule has 0 aliphatic heterocycles. The Morgan fingerprint density at radius 3 is 2.50 bits per heavy atom. The highest BCUT2D eigenvalue weighted by molar-refractivity contribution is 5.66. The summed E-state index contributed by atoms with van der Waals surface area (Å²) in [5.74, 6) is -1.12. The highest BCUT2D eigenvalue weighted by atomic mass is 19.1. The summed E-state index contributed by atoms with van der Waals surface area (Å²) in [4.78, 5) is 14.3. The fourth-order valence-corrected chi connectivity index (χ4v) is 2.16. The molecule has 0 unspecified atom stereocenters. The van der Waals surface area contributed by atoms with Gasteiger partial charge in [-0.3, -0.25) is 4.79 Å². The summed E-state index contributed by atoms with van der Waals surface area (Å²) in [6.45, 7) is 9.45. The van der Waals surface area contributed by atoms with E-state index >= 15 is 0 Å². The molecule has 0 aliphatic rings. The molecule has 0 aromatic heterocycles. The molecule has 1 N–H and O–H groups in total. The lowest BCUT2D eigenvalue weighted by molar-refractivity contribution is -0.137. The molecular formula is C17H23FN2O2. The summed E-state index contributed by atoms with van der Waals surface area (Å²) in [5, 5.41) is 8.70. The summed E-state index contributed by atoms with van der Waals surface area (Å²) in [6.07, 6.45) is 3.52. The summed E-state index contributed by atoms with van der Waals surface area (Å²) >= 11 is 0. The van der Waals surface area contributed by atoms with E-state index in [9.17, 15) is 9.18 Å². The van der Waals surface area contributed by atoms with Crippen molar-refractivity contribution in [3.63, 3.8) is 0 Å². The first kappa shape index (κ1) is 17.9. The van der Waals surface area contributed by atoms with E-state index in [4.69, 9.17) is 5.11 Å². The van der Waals surface area contributed by atoms with Crippen molar-refractivity contribution in [2.45, 2.75) is 13.0 Å². The number of carboxylic acids is 1. The molecule has 4 nitrogen and oxygen atoms in total. The number of benzene rings is 1. The van der Waals surface area contributed by atoms with E-state index in [1.165, 1.54) is 6.07 Å². The van der Waals surface area contributed by atoms with E-state index in [1.54, 1.807) is 24.3 Å². The van der Waals surface area contributed by atoms with Gasteiger partial charge in [0.2, 0.25) is 0 Å². The molecule has 5 heteroatoms. The van der Waals surface area contributed by atoms with Crippen LogP contribution in [0.4, 0.5) is 10.1 Å². The van der Waals surface area contributed by atoms with Crippen LogP contribution in [0.2, 0.25) is 0 Å². The second kappa shape index (κ2) is 9.00. The van der Waals surface area contributed by atoms with Crippen LogP contribution in [0.15, 0.2) is 43.5 Å². The number of aliphatic carboxylic acids is 1. The van der Waals surface area contributed by atoms with Crippen molar-refractivity contribution >= 4 is 11.7 Å². The second-order valence-corrected chi connectivity index (χ2v) is 5.15. The van der Waals surface area contributed by atoms with Gasteiger partial charge in [0.1, 0.15) is 5.82 Å². The zero-order valence-corrected chi connectivity index (χ0v) is 13.0. The Hall–Kier alpha value is -2.14. The molecule has 0 heterocycles. The van der Waals surface area contributed by atoms with Crippen LogP contribution in [-0.2, 0) is 11.3 Å². The molecule has 1 aromatic carbocycles. The molecule has 0 saturated heterocycles. The van der Waals surface area contributed by atoms with Gasteiger partial charge in [0.25, 0.3) is 0 Å². The maximum atomic E-state index is 14.1. The Balaban J connectivity index is 2.85. The van der Waals surface area contributed by atoms with Crippen molar-refractivity contribution < 1.29 is 14.3 Å². The van der Waals surface area contributed by atoms with Gasteiger partial charge in [0, 0.05) is 26.2 Å². The summed E-state index contributed by atoms with van der Waals surface area (Å²) in [6, 6.07) is 4.95. The number of hydrogen-bond donors (Lipinski definition) is 1. The second-order valence-electron chi connectivity index (χ2n) is 5.15. The third-order valence-corrected chi connectivity index (χ3v) is 3.21. The molecule has 0 atom stereocenters. The normalized spacial score (nSPS) is 10.5. The van der Waals surface area contributed by atoms with Gasteiger partial charge in [0.15, 0.2) is 0 Å². The molecule has 0 bridgehead atoms. The lowest BCUT2D eigenvalue weighted by Gasteiger charge is -2.23. The number of carboxylic acid groups (broad SMARTS) is 1. The van der Waals surface area contributed by atoms with E-state index in [-0.39, 0.29) is 12.2 Å². The average Bonchev–Trinajstić information content (AvgIpc) is 2.47. The van der Waals surface area contributed by atoms with Crippen LogP contribution in [0, 0.1) is 5.82 Å². The van der Waals surface area contributed by atoms with Crippen molar-refractivity contribution in [3.8, 4) is 0 Å². The molecular weight excluding hydrogens is 283 g/mol. The smallest absolute Gasteiger partial charge is 0.304 e. The minimum Gasteiger partial charge on any atom is -0.481 e. The Labute approximate surface area is 131 Å². The van der Waals surface area contributed by atoms with E-state index < -0.39 is 5.97 Å². The Morgan fingerprint density at radius 1 is 1.32 bits per heavy atom. The largest absolute Gasteiger partial charge is 0.481 e. The summed E-state index contributed by atoms with van der Waals surface area (Å²) in [7, 11) is 1.84. The monoisotopic (exact) mass is 306 g/mol. The highest BCUT2D eigenvalue weighted by Crippen LogP contribution is 2.22. The molecule has 22 heavy (non-hydrogen) atoms. The predicted octanol–water partition coefficient (Wildman–Crippen LogP) is 2.91. The number of halogens is 1. The first-order chi connectivity index (χ1) is 10.5. The lowest BCUT2D eigenvalue weighted by Crippen LogP contribution is -2.25. The molecule has 0 aliphatic carbocycles. The van der Waals surface area contributed by atoms with E-state index in [1.807, 2.05) is 16.8 Å². The first-order valence-electron chi connectivity index (χ1n) is 7.13. The van der Waals surface area contributed by atoms with Gasteiger partial charge in [-0.1, -0.05) is 18.2 Å². The molecule has 1 aromatic rings. The van der Waals surface area contributed by atoms with E-state index in [0.29, 0.717) is 31.9 Å². The Kier molecular flexibility index (Phi) is 7.32. The van der Waals surface area contributed by atoms with Crippen LogP contribution < -0.4 is 4.90 Å². The van der Waals surface area contributed by atoms with Crippen LogP contribution in [0.25, 0.3) is 0 Å². The number of rotatable bonds is 10. The minimum atomic E-state index is -0.824. The number of carbonyl (C=O) groups is 1. The van der Waals surface area contributed by atoms with E-state index in [2.05, 4.69) is 13.2 Å². The quantitative estimate of drug-likeness (QED) is 0.675. The maximum Gasteiger partial charge on any atom is 0.304 e. The van der Waals surface area contributed by atoms with E-state index in [0.717, 1.165) is 5.56 Å². The minimum absolute atomic E-state index is 0.0869. The number of hydrogen-bond acceptors (Lipinski definition) is 3. The highest BCUT2D eigenvalue weighted by Gasteiger charge is 2.11. The third kappa shape index (κ3) is 5.69. The molecule has 120 valence electrons. The third-order valence-electron chi connectivity index (χ3n) is 3.21. The van der Waals surface area contributed by atoms with Gasteiger partial charge in [-0.25, -0.2) is 4.39 Å². The van der Waals surface area contributed by atoms with Gasteiger partial charge in [-0.05, 0) is 24.7 Å². The van der Waals surface area contributed by atoms with Crippen molar-refractivity contribution in [2.75, 3.05) is 31.6 Å². The summed E-state index contributed by atoms with van der Waals surface area (Å²) < 4.78 is 14.1. The predicted molar refractivity (Wildman–Crippen MR) is 87.6 cm³/mol. The average molecular weight is 306 g/mol. The fraction of sp³-hybridized carbons (Fsp3) is 0.353. The van der Waals surface area contributed by atoms with Crippen molar-refractivity contribution in [3.05, 3.63) is 54.9 Å². The van der Waals surface area contributed by atoms with Crippen LogP contribution in [-0.4, -0.2) is 42.7 Å². The molecule has 1 rings (SSSR count). The lowest BCUT2D eigenvalue weighted by atomic mass is 10.1. The summed E-state index contributed by atoms with van der Waals surface area (Å²) in [5.41, 5.74) is 1.44. The van der Waals surface area contributed by atoms with Gasteiger partial charge >= 0.3 is 5.97 Å². The SMILES string of the molecule is C=CCN(CC=C)c1cc(CN(C)CCC(=O)O)ccc1F. The Morgan fingerprint density at radius 2 is 1.95 bits per heavy atom. The van der Waals surface area contributed by atoms with Gasteiger partial charge in [-0.15, -0.1) is 13.2 Å². The van der Waals surface area contributed by atoms with Crippen molar-refractivity contribution in [1.82, 2.24) is 4.90 Å². The van der Waals surface area contributed by atoms with Crippen LogP contribution in [0.1, 0.15) is 12.0 Å². The van der Waals surface area contributed by atoms with Gasteiger partial charge < -0.3 is 14.9 Å². The zero-order valence-electron chi connectivity index (χ0n) is 13.0.